The Hall–Kier alpha value is -3.82. The van der Waals surface area contributed by atoms with Crippen molar-refractivity contribution in [3.63, 3.8) is 0 Å². The number of pyridine rings is 1. The molecule has 1 fully saturated rings. The molecule has 4 aromatic rings. The molecule has 0 spiro atoms. The van der Waals surface area contributed by atoms with Gasteiger partial charge in [0.1, 0.15) is 17.2 Å². The number of aryl methyl sites for hydroxylation is 1. The van der Waals surface area contributed by atoms with Crippen molar-refractivity contribution >= 4 is 27.9 Å². The Kier molecular flexibility index (Phi) is 4.42. The van der Waals surface area contributed by atoms with Gasteiger partial charge in [-0.1, -0.05) is 5.16 Å². The number of carbonyl (C=O) groups is 1. The molecular formula is C21H18FN5O4. The molecule has 0 unspecified atom stereocenters. The molecule has 31 heavy (non-hydrogen) atoms. The first-order valence-corrected chi connectivity index (χ1v) is 9.89. The number of benzene rings is 1. The summed E-state index contributed by atoms with van der Waals surface area (Å²) >= 11 is 0. The zero-order valence-corrected chi connectivity index (χ0v) is 16.6. The van der Waals surface area contributed by atoms with Crippen LogP contribution in [-0.4, -0.2) is 44.0 Å². The van der Waals surface area contributed by atoms with Gasteiger partial charge in [-0.05, 0) is 43.5 Å². The topological polar surface area (TPSA) is 125 Å². The molecule has 0 atom stereocenters. The fourth-order valence-corrected chi connectivity index (χ4v) is 4.21. The first kappa shape index (κ1) is 19.2. The van der Waals surface area contributed by atoms with Gasteiger partial charge in [-0.2, -0.15) is 0 Å². The second-order valence-electron chi connectivity index (χ2n) is 7.73. The zero-order chi connectivity index (χ0) is 21.7. The molecule has 2 N–H and O–H groups in total. The quantitative estimate of drug-likeness (QED) is 0.509. The summed E-state index contributed by atoms with van der Waals surface area (Å²) in [6.07, 6.45) is 1.35. The van der Waals surface area contributed by atoms with Gasteiger partial charge in [-0.3, -0.25) is 19.6 Å². The van der Waals surface area contributed by atoms with Crippen molar-refractivity contribution in [2.75, 3.05) is 13.1 Å². The van der Waals surface area contributed by atoms with Gasteiger partial charge in [0.2, 0.25) is 0 Å². The molecule has 1 aromatic carbocycles. The molecule has 9 nitrogen and oxygen atoms in total. The molecule has 1 saturated heterocycles. The van der Waals surface area contributed by atoms with E-state index in [4.69, 9.17) is 4.52 Å². The number of halogens is 1. The van der Waals surface area contributed by atoms with Crippen molar-refractivity contribution in [2.24, 2.45) is 0 Å². The highest BCUT2D eigenvalue weighted by atomic mass is 19.1. The average Bonchev–Trinajstić information content (AvgIpc) is 3.15. The van der Waals surface area contributed by atoms with Gasteiger partial charge >= 0.3 is 5.69 Å². The molecule has 158 valence electrons. The first-order chi connectivity index (χ1) is 14.9. The molecule has 3 aromatic heterocycles. The predicted molar refractivity (Wildman–Crippen MR) is 110 cm³/mol. The van der Waals surface area contributed by atoms with Crippen LogP contribution in [0.15, 0.2) is 38.4 Å². The Morgan fingerprint density at radius 1 is 1.19 bits per heavy atom. The molecule has 1 aliphatic rings. The number of aromatic amines is 2. The largest absolute Gasteiger partial charge is 0.356 e. The summed E-state index contributed by atoms with van der Waals surface area (Å²) < 4.78 is 18.6. The number of nitrogens with zero attached hydrogens (tertiary/aromatic N) is 3. The lowest BCUT2D eigenvalue weighted by molar-refractivity contribution is 0.0706. The minimum Gasteiger partial charge on any atom is -0.356 e. The van der Waals surface area contributed by atoms with Crippen LogP contribution in [-0.2, 0) is 0 Å². The molecule has 5 rings (SSSR count). The number of hydrogen-bond donors (Lipinski definition) is 2. The molecule has 0 bridgehead atoms. The number of H-pyrrole nitrogens is 2. The van der Waals surface area contributed by atoms with Crippen LogP contribution in [0, 0.1) is 12.7 Å². The van der Waals surface area contributed by atoms with Gasteiger partial charge in [-0.15, -0.1) is 0 Å². The van der Waals surface area contributed by atoms with Crippen LogP contribution in [0.3, 0.4) is 0 Å². The van der Waals surface area contributed by atoms with Crippen molar-refractivity contribution in [2.45, 2.75) is 25.7 Å². The summed E-state index contributed by atoms with van der Waals surface area (Å²) in [4.78, 5) is 47.2. The lowest BCUT2D eigenvalue weighted by atomic mass is 9.91. The number of hydrogen-bond acceptors (Lipinski definition) is 6. The van der Waals surface area contributed by atoms with E-state index in [-0.39, 0.29) is 34.4 Å². The van der Waals surface area contributed by atoms with Crippen LogP contribution in [0.1, 0.15) is 40.5 Å². The van der Waals surface area contributed by atoms with E-state index in [0.717, 1.165) is 11.1 Å². The smallest absolute Gasteiger partial charge is 0.327 e. The molecule has 10 heteroatoms. The normalized spacial score (nSPS) is 15.1. The Morgan fingerprint density at radius 3 is 2.74 bits per heavy atom. The molecule has 1 aliphatic heterocycles. The molecule has 0 aliphatic carbocycles. The maximum absolute atomic E-state index is 13.4. The van der Waals surface area contributed by atoms with Crippen LogP contribution in [0.25, 0.3) is 22.0 Å². The summed E-state index contributed by atoms with van der Waals surface area (Å²) in [5.74, 6) is -0.550. The number of likely N-dealkylation sites (tertiary alicyclic amines) is 1. The van der Waals surface area contributed by atoms with Crippen LogP contribution >= 0.6 is 0 Å². The SMILES string of the molecule is Cc1cc(C(=O)N2CCC(c3noc4cc(F)ccc34)CC2)nc2[nH]c(=O)[nH]c(=O)c12. The summed E-state index contributed by atoms with van der Waals surface area (Å²) in [5.41, 5.74) is 0.798. The van der Waals surface area contributed by atoms with Crippen LogP contribution in [0.4, 0.5) is 4.39 Å². The first-order valence-electron chi connectivity index (χ1n) is 9.89. The maximum Gasteiger partial charge on any atom is 0.327 e. The number of nitrogens with one attached hydrogen (secondary N) is 2. The van der Waals surface area contributed by atoms with Crippen LogP contribution in [0.2, 0.25) is 0 Å². The van der Waals surface area contributed by atoms with Crippen LogP contribution in [0.5, 0.6) is 0 Å². The third-order valence-corrected chi connectivity index (χ3v) is 5.75. The van der Waals surface area contributed by atoms with Gasteiger partial charge in [0.25, 0.3) is 11.5 Å². The third-order valence-electron chi connectivity index (χ3n) is 5.75. The van der Waals surface area contributed by atoms with Crippen molar-refractivity contribution < 1.29 is 13.7 Å². The van der Waals surface area contributed by atoms with Crippen molar-refractivity contribution in [3.05, 3.63) is 67.9 Å². The second kappa shape index (κ2) is 7.15. The highest BCUT2D eigenvalue weighted by molar-refractivity contribution is 5.95. The van der Waals surface area contributed by atoms with Crippen molar-refractivity contribution in [1.82, 2.24) is 25.0 Å². The van der Waals surface area contributed by atoms with Gasteiger partial charge in [-0.25, -0.2) is 14.2 Å². The number of carbonyl (C=O) groups excluding carboxylic acids is 1. The maximum atomic E-state index is 13.4. The van der Waals surface area contributed by atoms with E-state index in [9.17, 15) is 18.8 Å². The third kappa shape index (κ3) is 3.29. The summed E-state index contributed by atoms with van der Waals surface area (Å²) in [7, 11) is 0. The second-order valence-corrected chi connectivity index (χ2v) is 7.73. The van der Waals surface area contributed by atoms with Crippen LogP contribution < -0.4 is 11.2 Å². The lowest BCUT2D eigenvalue weighted by Gasteiger charge is -2.31. The van der Waals surface area contributed by atoms with E-state index >= 15 is 0 Å². The minimum atomic E-state index is -0.672. The van der Waals surface area contributed by atoms with E-state index in [0.29, 0.717) is 37.1 Å². The monoisotopic (exact) mass is 423 g/mol. The van der Waals surface area contributed by atoms with Gasteiger partial charge in [0, 0.05) is 30.5 Å². The lowest BCUT2D eigenvalue weighted by Crippen LogP contribution is -2.38. The van der Waals surface area contributed by atoms with E-state index in [1.807, 2.05) is 0 Å². The van der Waals surface area contributed by atoms with E-state index in [2.05, 4.69) is 20.1 Å². The highest BCUT2D eigenvalue weighted by Crippen LogP contribution is 2.33. The Balaban J connectivity index is 1.37. The number of piperidine rings is 1. The Morgan fingerprint density at radius 2 is 1.97 bits per heavy atom. The standard InChI is InChI=1S/C21H18FN5O4/c1-10-8-14(23-18-16(10)19(28)25-21(30)24-18)20(29)27-6-4-11(5-7-27)17-13-3-2-12(22)9-15(13)31-26-17/h2-3,8-9,11H,4-7H2,1H3,(H2,23,24,25,28,30). The molecule has 0 radical (unpaired) electrons. The number of amides is 1. The number of rotatable bonds is 2. The Labute approximate surface area is 173 Å². The minimum absolute atomic E-state index is 0.0910. The van der Waals surface area contributed by atoms with Crippen molar-refractivity contribution in [3.8, 4) is 0 Å². The Bertz CT molecular complexity index is 1450. The molecule has 0 saturated carbocycles. The number of aromatic nitrogens is 4. The summed E-state index contributed by atoms with van der Waals surface area (Å²) in [6, 6.07) is 5.92. The summed E-state index contributed by atoms with van der Waals surface area (Å²) in [6.45, 7) is 2.67. The highest BCUT2D eigenvalue weighted by Gasteiger charge is 2.28. The fraction of sp³-hybridized carbons (Fsp3) is 0.286. The van der Waals surface area contributed by atoms with E-state index < -0.39 is 11.2 Å². The van der Waals surface area contributed by atoms with Gasteiger partial charge in [0.15, 0.2) is 5.58 Å². The fourth-order valence-electron chi connectivity index (χ4n) is 4.21. The molecular weight excluding hydrogens is 405 g/mol. The van der Waals surface area contributed by atoms with Gasteiger partial charge in [0.05, 0.1) is 11.1 Å². The van der Waals surface area contributed by atoms with Gasteiger partial charge < -0.3 is 9.42 Å². The average molecular weight is 423 g/mol. The predicted octanol–water partition coefficient (Wildman–Crippen LogP) is 2.22. The zero-order valence-electron chi connectivity index (χ0n) is 16.6. The number of fused-ring (bicyclic) bond motifs is 2. The summed E-state index contributed by atoms with van der Waals surface area (Å²) in [5, 5.41) is 5.16. The van der Waals surface area contributed by atoms with E-state index in [1.54, 1.807) is 24.0 Å². The molecule has 1 amide bonds. The van der Waals surface area contributed by atoms with Crippen molar-refractivity contribution in [1.29, 1.82) is 0 Å². The molecule has 4 heterocycles. The van der Waals surface area contributed by atoms with E-state index in [1.165, 1.54) is 12.1 Å².